The molecule has 1 saturated heterocycles. The summed E-state index contributed by atoms with van der Waals surface area (Å²) in [5.74, 6) is 3.35. The predicted molar refractivity (Wildman–Crippen MR) is 111 cm³/mol. The van der Waals surface area contributed by atoms with Gasteiger partial charge in [0, 0.05) is 38.6 Å². The molecule has 2 heterocycles. The van der Waals surface area contributed by atoms with Gasteiger partial charge in [-0.25, -0.2) is 0 Å². The average molecular weight is 383 g/mol. The van der Waals surface area contributed by atoms with Gasteiger partial charge < -0.3 is 14.5 Å². The van der Waals surface area contributed by atoms with Crippen molar-refractivity contribution in [2.24, 2.45) is 17.8 Å². The van der Waals surface area contributed by atoms with Gasteiger partial charge in [-0.3, -0.25) is 4.79 Å². The molecule has 4 aliphatic rings. The second kappa shape index (κ2) is 8.06. The van der Waals surface area contributed by atoms with Gasteiger partial charge in [0.05, 0.1) is 6.61 Å². The number of ether oxygens (including phenoxy) is 1. The largest absolute Gasteiger partial charge is 0.493 e. The third kappa shape index (κ3) is 4.53. The molecule has 0 aromatic heterocycles. The van der Waals surface area contributed by atoms with Gasteiger partial charge in [0.2, 0.25) is 5.91 Å². The Bertz CT molecular complexity index is 703. The van der Waals surface area contributed by atoms with Crippen molar-refractivity contribution < 1.29 is 9.53 Å². The van der Waals surface area contributed by atoms with Crippen molar-refractivity contribution in [1.29, 1.82) is 0 Å². The van der Waals surface area contributed by atoms with Crippen LogP contribution in [0.5, 0.6) is 5.75 Å². The van der Waals surface area contributed by atoms with Crippen LogP contribution in [-0.4, -0.2) is 55.0 Å². The van der Waals surface area contributed by atoms with Gasteiger partial charge in [-0.2, -0.15) is 0 Å². The first-order valence-electron chi connectivity index (χ1n) is 11.5. The molecule has 2 aliphatic carbocycles. The Morgan fingerprint density at radius 1 is 0.893 bits per heavy atom. The van der Waals surface area contributed by atoms with Gasteiger partial charge in [-0.15, -0.1) is 0 Å². The monoisotopic (exact) mass is 382 g/mol. The molecule has 3 fully saturated rings. The van der Waals surface area contributed by atoms with Crippen molar-refractivity contribution in [2.45, 2.75) is 51.4 Å². The maximum absolute atomic E-state index is 12.2. The summed E-state index contributed by atoms with van der Waals surface area (Å²) in [5.41, 5.74) is 3.00. The maximum Gasteiger partial charge on any atom is 0.225 e. The summed E-state index contributed by atoms with van der Waals surface area (Å²) in [6.45, 7) is 6.34. The van der Waals surface area contributed by atoms with E-state index in [9.17, 15) is 4.79 Å². The van der Waals surface area contributed by atoms with E-state index in [4.69, 9.17) is 4.74 Å². The zero-order valence-electron chi connectivity index (χ0n) is 17.1. The summed E-state index contributed by atoms with van der Waals surface area (Å²) < 4.78 is 6.19. The minimum absolute atomic E-state index is 0.354. The van der Waals surface area contributed by atoms with Gasteiger partial charge in [0.1, 0.15) is 5.75 Å². The van der Waals surface area contributed by atoms with Gasteiger partial charge in [0.15, 0.2) is 0 Å². The van der Waals surface area contributed by atoms with Crippen LogP contribution in [0.1, 0.15) is 49.7 Å². The van der Waals surface area contributed by atoms with Crippen molar-refractivity contribution in [3.63, 3.8) is 0 Å². The van der Waals surface area contributed by atoms with Crippen molar-refractivity contribution in [1.82, 2.24) is 9.80 Å². The first-order chi connectivity index (χ1) is 13.7. The molecule has 1 aromatic carbocycles. The highest BCUT2D eigenvalue weighted by Crippen LogP contribution is 2.33. The number of nitrogens with zero attached hydrogens (tertiary/aromatic N) is 2. The smallest absolute Gasteiger partial charge is 0.225 e. The quantitative estimate of drug-likeness (QED) is 0.755. The Labute approximate surface area is 169 Å². The summed E-state index contributed by atoms with van der Waals surface area (Å²) in [6, 6.07) is 6.76. The van der Waals surface area contributed by atoms with E-state index in [1.807, 2.05) is 0 Å². The predicted octanol–water partition coefficient (Wildman–Crippen LogP) is 3.52. The SMILES string of the molecule is O=C(C1CC1)N1CCC(COc2ccc3c(c2)CCN(CC2CC2)CC3)CC1. The van der Waals surface area contributed by atoms with Crippen molar-refractivity contribution in [3.05, 3.63) is 29.3 Å². The molecule has 0 N–H and O–H groups in total. The van der Waals surface area contributed by atoms with E-state index in [-0.39, 0.29) is 0 Å². The van der Waals surface area contributed by atoms with Gasteiger partial charge in [-0.1, -0.05) is 6.07 Å². The van der Waals surface area contributed by atoms with E-state index in [1.165, 1.54) is 50.0 Å². The van der Waals surface area contributed by atoms with Crippen LogP contribution in [0.25, 0.3) is 0 Å². The zero-order chi connectivity index (χ0) is 18.9. The summed E-state index contributed by atoms with van der Waals surface area (Å²) in [7, 11) is 0. The van der Waals surface area contributed by atoms with Gasteiger partial charge in [0.25, 0.3) is 0 Å². The van der Waals surface area contributed by atoms with Crippen LogP contribution in [0.2, 0.25) is 0 Å². The normalized spacial score (nSPS) is 23.9. The highest BCUT2D eigenvalue weighted by molar-refractivity contribution is 5.81. The molecule has 4 heteroatoms. The number of piperidine rings is 1. The molecular weight excluding hydrogens is 348 g/mol. The number of hydrogen-bond acceptors (Lipinski definition) is 3. The number of rotatable bonds is 6. The summed E-state index contributed by atoms with van der Waals surface area (Å²) in [5, 5.41) is 0. The number of amides is 1. The average Bonchev–Trinajstić information content (AvgIpc) is 3.62. The van der Waals surface area contributed by atoms with Crippen LogP contribution in [0, 0.1) is 17.8 Å². The fourth-order valence-electron chi connectivity index (χ4n) is 4.81. The molecule has 5 rings (SSSR count). The number of carbonyl (C=O) groups is 1. The van der Waals surface area contributed by atoms with E-state index >= 15 is 0 Å². The Kier molecular flexibility index (Phi) is 5.32. The van der Waals surface area contributed by atoms with E-state index in [0.717, 1.165) is 63.5 Å². The second-order valence-corrected chi connectivity index (χ2v) is 9.53. The third-order valence-corrected chi connectivity index (χ3v) is 7.12. The lowest BCUT2D eigenvalue weighted by molar-refractivity contribution is -0.134. The molecule has 0 atom stereocenters. The molecular formula is C24H34N2O2. The number of fused-ring (bicyclic) bond motifs is 1. The minimum atomic E-state index is 0.354. The molecule has 0 spiro atoms. The van der Waals surface area contributed by atoms with Gasteiger partial charge >= 0.3 is 0 Å². The first kappa shape index (κ1) is 18.5. The van der Waals surface area contributed by atoms with Crippen LogP contribution in [0.15, 0.2) is 18.2 Å². The Balaban J connectivity index is 1.10. The fraction of sp³-hybridized carbons (Fsp3) is 0.708. The summed E-state index contributed by atoms with van der Waals surface area (Å²) >= 11 is 0. The number of likely N-dealkylation sites (tertiary alicyclic amines) is 1. The fourth-order valence-corrected chi connectivity index (χ4v) is 4.81. The van der Waals surface area contributed by atoms with E-state index in [1.54, 1.807) is 0 Å². The standard InChI is InChI=1S/C24H34N2O2/c27-24(21-3-4-21)26-13-7-19(8-14-26)17-28-23-6-5-20-9-11-25(16-18-1-2-18)12-10-22(20)15-23/h5-6,15,18-19,21H,1-4,7-14,16-17H2. The molecule has 28 heavy (non-hydrogen) atoms. The van der Waals surface area contributed by atoms with Crippen LogP contribution in [0.3, 0.4) is 0 Å². The summed E-state index contributed by atoms with van der Waals surface area (Å²) in [4.78, 5) is 16.9. The molecule has 0 bridgehead atoms. The van der Waals surface area contributed by atoms with Crippen LogP contribution >= 0.6 is 0 Å². The van der Waals surface area contributed by atoms with E-state index in [2.05, 4.69) is 28.0 Å². The zero-order valence-corrected chi connectivity index (χ0v) is 17.1. The second-order valence-electron chi connectivity index (χ2n) is 9.53. The molecule has 2 saturated carbocycles. The third-order valence-electron chi connectivity index (χ3n) is 7.12. The van der Waals surface area contributed by atoms with Gasteiger partial charge in [-0.05, 0) is 86.5 Å². The Hall–Kier alpha value is -1.55. The van der Waals surface area contributed by atoms with Crippen molar-refractivity contribution in [3.8, 4) is 5.75 Å². The lowest BCUT2D eigenvalue weighted by atomic mass is 9.97. The van der Waals surface area contributed by atoms with Crippen LogP contribution < -0.4 is 4.74 Å². The molecule has 1 aromatic rings. The van der Waals surface area contributed by atoms with Crippen LogP contribution in [-0.2, 0) is 17.6 Å². The van der Waals surface area contributed by atoms with Crippen molar-refractivity contribution >= 4 is 5.91 Å². The lowest BCUT2D eigenvalue weighted by Crippen LogP contribution is -2.40. The summed E-state index contributed by atoms with van der Waals surface area (Å²) in [6.07, 6.45) is 9.59. The molecule has 0 radical (unpaired) electrons. The first-order valence-corrected chi connectivity index (χ1v) is 11.5. The van der Waals surface area contributed by atoms with E-state index in [0.29, 0.717) is 17.7 Å². The minimum Gasteiger partial charge on any atom is -0.493 e. The Morgan fingerprint density at radius 3 is 2.36 bits per heavy atom. The number of hydrogen-bond donors (Lipinski definition) is 0. The highest BCUT2D eigenvalue weighted by atomic mass is 16.5. The lowest BCUT2D eigenvalue weighted by Gasteiger charge is -2.32. The molecule has 2 aliphatic heterocycles. The Morgan fingerprint density at radius 2 is 1.64 bits per heavy atom. The highest BCUT2D eigenvalue weighted by Gasteiger charge is 2.35. The van der Waals surface area contributed by atoms with Crippen molar-refractivity contribution in [2.75, 3.05) is 39.3 Å². The molecule has 4 nitrogen and oxygen atoms in total. The molecule has 152 valence electrons. The number of carbonyl (C=O) groups excluding carboxylic acids is 1. The molecule has 0 unspecified atom stereocenters. The van der Waals surface area contributed by atoms with E-state index < -0.39 is 0 Å². The number of benzene rings is 1. The molecule has 1 amide bonds. The topological polar surface area (TPSA) is 32.8 Å². The maximum atomic E-state index is 12.2. The van der Waals surface area contributed by atoms with Crippen LogP contribution in [0.4, 0.5) is 0 Å².